The SMILES string of the molecule is COc1cccc([C@@H](C)Sc2nncn2C(C)(C)C)c1. The molecule has 1 atom stereocenters. The molecule has 0 saturated carbocycles. The molecule has 0 fully saturated rings. The first-order chi connectivity index (χ1) is 9.41. The lowest BCUT2D eigenvalue weighted by molar-refractivity contribution is 0.367. The van der Waals surface area contributed by atoms with Crippen LogP contribution >= 0.6 is 11.8 Å². The molecule has 1 heterocycles. The van der Waals surface area contributed by atoms with E-state index in [4.69, 9.17) is 4.74 Å². The number of rotatable bonds is 4. The quantitative estimate of drug-likeness (QED) is 0.801. The molecule has 0 bridgehead atoms. The summed E-state index contributed by atoms with van der Waals surface area (Å²) < 4.78 is 7.38. The summed E-state index contributed by atoms with van der Waals surface area (Å²) in [6, 6.07) is 8.14. The number of benzene rings is 1. The van der Waals surface area contributed by atoms with Gasteiger partial charge in [-0.25, -0.2) is 0 Å². The van der Waals surface area contributed by atoms with E-state index in [0.29, 0.717) is 0 Å². The summed E-state index contributed by atoms with van der Waals surface area (Å²) in [6.07, 6.45) is 1.79. The molecule has 0 radical (unpaired) electrons. The van der Waals surface area contributed by atoms with E-state index in [1.807, 2.05) is 12.1 Å². The second-order valence-electron chi connectivity index (χ2n) is 5.69. The van der Waals surface area contributed by atoms with Gasteiger partial charge in [-0.05, 0) is 45.4 Å². The van der Waals surface area contributed by atoms with Crippen molar-refractivity contribution in [1.82, 2.24) is 14.8 Å². The Kier molecular flexibility index (Phi) is 4.38. The highest BCUT2D eigenvalue weighted by Gasteiger charge is 2.20. The molecular formula is C15H21N3OS. The fourth-order valence-corrected chi connectivity index (χ4v) is 3.01. The standard InChI is InChI=1S/C15H21N3OS/c1-11(12-7-6-8-13(9-12)19-5)20-14-17-16-10-18(14)15(2,3)4/h6-11H,1-5H3/t11-/m1/s1. The van der Waals surface area contributed by atoms with Gasteiger partial charge in [0, 0.05) is 10.8 Å². The van der Waals surface area contributed by atoms with Gasteiger partial charge in [0.1, 0.15) is 12.1 Å². The van der Waals surface area contributed by atoms with Crippen molar-refractivity contribution in [2.45, 2.75) is 43.6 Å². The predicted octanol–water partition coefficient (Wildman–Crippen LogP) is 3.90. The van der Waals surface area contributed by atoms with Crippen LogP contribution in [0.4, 0.5) is 0 Å². The van der Waals surface area contributed by atoms with E-state index < -0.39 is 0 Å². The molecule has 0 unspecified atom stereocenters. The van der Waals surface area contributed by atoms with E-state index in [1.54, 1.807) is 25.2 Å². The molecule has 1 aromatic heterocycles. The average Bonchev–Trinajstić information content (AvgIpc) is 2.87. The van der Waals surface area contributed by atoms with E-state index in [-0.39, 0.29) is 10.8 Å². The first-order valence-electron chi connectivity index (χ1n) is 6.63. The Morgan fingerprint density at radius 3 is 2.70 bits per heavy atom. The number of ether oxygens (including phenoxy) is 1. The minimum absolute atomic E-state index is 0.0140. The topological polar surface area (TPSA) is 39.9 Å². The van der Waals surface area contributed by atoms with Crippen LogP contribution in [0, 0.1) is 0 Å². The number of hydrogen-bond acceptors (Lipinski definition) is 4. The Bertz CT molecular complexity index is 574. The highest BCUT2D eigenvalue weighted by atomic mass is 32.2. The monoisotopic (exact) mass is 291 g/mol. The predicted molar refractivity (Wildman–Crippen MR) is 82.3 cm³/mol. The molecule has 20 heavy (non-hydrogen) atoms. The van der Waals surface area contributed by atoms with Gasteiger partial charge in [0.05, 0.1) is 7.11 Å². The molecule has 1 aromatic carbocycles. The van der Waals surface area contributed by atoms with Gasteiger partial charge in [-0.3, -0.25) is 0 Å². The summed E-state index contributed by atoms with van der Waals surface area (Å²) in [5.41, 5.74) is 1.21. The zero-order chi connectivity index (χ0) is 14.8. The Morgan fingerprint density at radius 1 is 1.30 bits per heavy atom. The third-order valence-corrected chi connectivity index (χ3v) is 4.20. The summed E-state index contributed by atoms with van der Waals surface area (Å²) in [7, 11) is 1.69. The van der Waals surface area contributed by atoms with Crippen LogP contribution in [0.3, 0.4) is 0 Å². The molecule has 0 aliphatic rings. The Labute approximate surface area is 124 Å². The van der Waals surface area contributed by atoms with Crippen molar-refractivity contribution < 1.29 is 4.74 Å². The molecule has 0 aliphatic heterocycles. The minimum atomic E-state index is -0.0140. The number of aromatic nitrogens is 3. The Balaban J connectivity index is 2.19. The van der Waals surface area contributed by atoms with Crippen molar-refractivity contribution in [2.75, 3.05) is 7.11 Å². The second-order valence-corrected chi connectivity index (χ2v) is 7.00. The zero-order valence-electron chi connectivity index (χ0n) is 12.6. The number of hydrogen-bond donors (Lipinski definition) is 0. The van der Waals surface area contributed by atoms with Crippen molar-refractivity contribution in [3.63, 3.8) is 0 Å². The van der Waals surface area contributed by atoms with E-state index in [9.17, 15) is 0 Å². The van der Waals surface area contributed by atoms with Crippen molar-refractivity contribution in [1.29, 1.82) is 0 Å². The first-order valence-corrected chi connectivity index (χ1v) is 7.51. The molecule has 0 aliphatic carbocycles. The molecule has 0 amide bonds. The van der Waals surface area contributed by atoms with Crippen LogP contribution in [-0.2, 0) is 5.54 Å². The molecule has 108 valence electrons. The average molecular weight is 291 g/mol. The maximum atomic E-state index is 5.28. The van der Waals surface area contributed by atoms with E-state index in [2.05, 4.69) is 54.6 Å². The first kappa shape index (κ1) is 14.9. The lowest BCUT2D eigenvalue weighted by Gasteiger charge is -2.23. The van der Waals surface area contributed by atoms with Crippen LogP contribution in [0.1, 0.15) is 38.5 Å². The lowest BCUT2D eigenvalue weighted by Crippen LogP contribution is -2.21. The second kappa shape index (κ2) is 5.87. The van der Waals surface area contributed by atoms with Crippen LogP contribution in [0.5, 0.6) is 5.75 Å². The Morgan fingerprint density at radius 2 is 2.05 bits per heavy atom. The van der Waals surface area contributed by atoms with Crippen LogP contribution in [0.15, 0.2) is 35.7 Å². The van der Waals surface area contributed by atoms with Gasteiger partial charge < -0.3 is 9.30 Å². The maximum absolute atomic E-state index is 5.28. The van der Waals surface area contributed by atoms with E-state index in [0.717, 1.165) is 10.9 Å². The molecule has 4 nitrogen and oxygen atoms in total. The van der Waals surface area contributed by atoms with Gasteiger partial charge >= 0.3 is 0 Å². The van der Waals surface area contributed by atoms with Gasteiger partial charge in [0.2, 0.25) is 0 Å². The van der Waals surface area contributed by atoms with E-state index in [1.165, 1.54) is 5.56 Å². The number of methoxy groups -OCH3 is 1. The third-order valence-electron chi connectivity index (χ3n) is 3.08. The fourth-order valence-electron chi connectivity index (χ4n) is 1.89. The minimum Gasteiger partial charge on any atom is -0.497 e. The number of thioether (sulfide) groups is 1. The molecule has 0 spiro atoms. The lowest BCUT2D eigenvalue weighted by atomic mass is 10.1. The molecular weight excluding hydrogens is 270 g/mol. The van der Waals surface area contributed by atoms with Crippen molar-refractivity contribution in [2.24, 2.45) is 0 Å². The summed E-state index contributed by atoms with van der Waals surface area (Å²) >= 11 is 1.71. The highest BCUT2D eigenvalue weighted by molar-refractivity contribution is 7.99. The van der Waals surface area contributed by atoms with Crippen molar-refractivity contribution in [3.05, 3.63) is 36.2 Å². The van der Waals surface area contributed by atoms with Crippen LogP contribution in [-0.4, -0.2) is 21.9 Å². The van der Waals surface area contributed by atoms with Gasteiger partial charge in [-0.1, -0.05) is 23.9 Å². The Hall–Kier alpha value is -1.49. The van der Waals surface area contributed by atoms with E-state index >= 15 is 0 Å². The molecule has 2 rings (SSSR count). The smallest absolute Gasteiger partial charge is 0.192 e. The highest BCUT2D eigenvalue weighted by Crippen LogP contribution is 2.36. The summed E-state index contributed by atoms with van der Waals surface area (Å²) in [5, 5.41) is 9.50. The molecule has 0 N–H and O–H groups in total. The zero-order valence-corrected chi connectivity index (χ0v) is 13.4. The largest absolute Gasteiger partial charge is 0.497 e. The van der Waals surface area contributed by atoms with Crippen LogP contribution in [0.2, 0.25) is 0 Å². The molecule has 5 heteroatoms. The van der Waals surface area contributed by atoms with Crippen LogP contribution in [0.25, 0.3) is 0 Å². The van der Waals surface area contributed by atoms with Gasteiger partial charge in [-0.15, -0.1) is 10.2 Å². The van der Waals surface area contributed by atoms with Gasteiger partial charge in [0.15, 0.2) is 5.16 Å². The normalized spacial score (nSPS) is 13.2. The van der Waals surface area contributed by atoms with Crippen molar-refractivity contribution >= 4 is 11.8 Å². The third kappa shape index (κ3) is 3.33. The summed E-state index contributed by atoms with van der Waals surface area (Å²) in [4.78, 5) is 0. The van der Waals surface area contributed by atoms with Gasteiger partial charge in [0.25, 0.3) is 0 Å². The molecule has 2 aromatic rings. The fraction of sp³-hybridized carbons (Fsp3) is 0.467. The summed E-state index contributed by atoms with van der Waals surface area (Å²) in [6.45, 7) is 8.62. The van der Waals surface area contributed by atoms with Crippen molar-refractivity contribution in [3.8, 4) is 5.75 Å². The van der Waals surface area contributed by atoms with Crippen LogP contribution < -0.4 is 4.74 Å². The van der Waals surface area contributed by atoms with Gasteiger partial charge in [-0.2, -0.15) is 0 Å². The number of nitrogens with zero attached hydrogens (tertiary/aromatic N) is 3. The summed E-state index contributed by atoms with van der Waals surface area (Å²) in [5.74, 6) is 0.882. The maximum Gasteiger partial charge on any atom is 0.192 e. The molecule has 0 saturated heterocycles.